The van der Waals surface area contributed by atoms with Crippen LogP contribution in [0, 0.1) is 0 Å². The number of carbonyl (C=O) groups excluding carboxylic acids is 2. The number of hydrogen-bond acceptors (Lipinski definition) is 5. The summed E-state index contributed by atoms with van der Waals surface area (Å²) in [7, 11) is 0. The third kappa shape index (κ3) is 4.90. The van der Waals surface area contributed by atoms with Crippen LogP contribution in [-0.2, 0) is 11.3 Å². The first-order valence-corrected chi connectivity index (χ1v) is 9.82. The summed E-state index contributed by atoms with van der Waals surface area (Å²) in [6.07, 6.45) is 4.97. The van der Waals surface area contributed by atoms with Crippen LogP contribution in [0.5, 0.6) is 5.75 Å². The van der Waals surface area contributed by atoms with Crippen molar-refractivity contribution in [2.24, 2.45) is 0 Å². The fraction of sp³-hybridized carbons (Fsp3) is 0.304. The van der Waals surface area contributed by atoms with Crippen LogP contribution in [0.2, 0.25) is 0 Å². The van der Waals surface area contributed by atoms with Gasteiger partial charge in [0.2, 0.25) is 0 Å². The molecule has 4 rings (SSSR count). The molecule has 2 aromatic rings. The Bertz CT molecular complexity index is 947. The van der Waals surface area contributed by atoms with Crippen LogP contribution in [0.3, 0.4) is 0 Å². The van der Waals surface area contributed by atoms with Gasteiger partial charge in [0.25, 0.3) is 5.91 Å². The largest absolute Gasteiger partial charge is 0.485 e. The summed E-state index contributed by atoms with van der Waals surface area (Å²) in [6.45, 7) is 2.58. The fourth-order valence-corrected chi connectivity index (χ4v) is 4.22. The number of fused-ring (bicyclic) bond motifs is 1. The van der Waals surface area contributed by atoms with Crippen LogP contribution in [0.4, 0.5) is 0 Å². The molecule has 30 heavy (non-hydrogen) atoms. The van der Waals surface area contributed by atoms with E-state index in [0.717, 1.165) is 32.5 Å². The minimum atomic E-state index is -0.620. The quantitative estimate of drug-likeness (QED) is 0.441. The zero-order valence-electron chi connectivity index (χ0n) is 16.5. The first-order valence-electron chi connectivity index (χ1n) is 9.82. The number of halogens is 1. The number of hydrogen-bond donors (Lipinski definition) is 2. The Balaban J connectivity index is 0.00000256. The van der Waals surface area contributed by atoms with Gasteiger partial charge in [0.05, 0.1) is 12.0 Å². The number of rotatable bonds is 4. The maximum atomic E-state index is 12.9. The Morgan fingerprint density at radius 3 is 2.80 bits per heavy atom. The minimum Gasteiger partial charge on any atom is -0.485 e. The molecule has 2 heterocycles. The summed E-state index contributed by atoms with van der Waals surface area (Å²) >= 11 is 0. The maximum Gasteiger partial charge on any atom is 0.267 e. The fourth-order valence-electron chi connectivity index (χ4n) is 4.22. The molecule has 2 aliphatic heterocycles. The number of nitrogens with one attached hydrogen (secondary N) is 1. The van der Waals surface area contributed by atoms with E-state index < -0.39 is 11.5 Å². The molecule has 2 aromatic carbocycles. The number of nitrogens with zero attached hydrogens (tertiary/aromatic N) is 1. The molecule has 0 bridgehead atoms. The lowest BCUT2D eigenvalue weighted by atomic mass is 9.83. The molecule has 0 saturated carbocycles. The average Bonchev–Trinajstić information content (AvgIpc) is 2.73. The number of Topliss-reactive ketones (excluding diaryl/α,β-unsaturated/α-hetero) is 1. The topological polar surface area (TPSA) is 78.9 Å². The van der Waals surface area contributed by atoms with Crippen molar-refractivity contribution < 1.29 is 19.5 Å². The second-order valence-electron chi connectivity index (χ2n) is 7.75. The highest BCUT2D eigenvalue weighted by Crippen LogP contribution is 2.39. The molecule has 6 nitrogen and oxygen atoms in total. The van der Waals surface area contributed by atoms with Gasteiger partial charge in [0, 0.05) is 19.2 Å². The molecule has 2 N–H and O–H groups in total. The van der Waals surface area contributed by atoms with Crippen molar-refractivity contribution in [2.75, 3.05) is 13.1 Å². The Hall–Kier alpha value is -2.67. The van der Waals surface area contributed by atoms with Gasteiger partial charge in [0.15, 0.2) is 5.78 Å². The highest BCUT2D eigenvalue weighted by molar-refractivity contribution is 6.01. The van der Waals surface area contributed by atoms with Crippen molar-refractivity contribution in [1.29, 1.82) is 0 Å². The first-order chi connectivity index (χ1) is 14.1. The number of benzene rings is 2. The molecule has 1 spiro atoms. The van der Waals surface area contributed by atoms with Crippen molar-refractivity contribution >= 4 is 30.2 Å². The van der Waals surface area contributed by atoms with Gasteiger partial charge in [-0.3, -0.25) is 19.7 Å². The smallest absolute Gasteiger partial charge is 0.267 e. The van der Waals surface area contributed by atoms with Gasteiger partial charge >= 0.3 is 0 Å². The SMILES string of the molecule is Cl.O=C(C=Cc1ccc2c(c1)C(=O)CC1(CCCN(Cc3ccccc3)C1)O2)NO. The summed E-state index contributed by atoms with van der Waals surface area (Å²) < 4.78 is 6.39. The third-order valence-electron chi connectivity index (χ3n) is 5.52. The Morgan fingerprint density at radius 2 is 2.03 bits per heavy atom. The zero-order valence-corrected chi connectivity index (χ0v) is 17.4. The van der Waals surface area contributed by atoms with E-state index in [4.69, 9.17) is 9.94 Å². The van der Waals surface area contributed by atoms with Gasteiger partial charge in [-0.15, -0.1) is 12.4 Å². The summed E-state index contributed by atoms with van der Waals surface area (Å²) in [6, 6.07) is 15.7. The standard InChI is InChI=1S/C23H24N2O4.ClH/c26-20-14-23(11-4-12-25(16-23)15-18-5-2-1-3-6-18)29-21-9-7-17(13-19(20)21)8-10-22(27)24-28;/h1-3,5-10,13,28H,4,11-12,14-16H2,(H,24,27);1H. The van der Waals surface area contributed by atoms with Crippen molar-refractivity contribution in [1.82, 2.24) is 10.4 Å². The van der Waals surface area contributed by atoms with Crippen molar-refractivity contribution in [2.45, 2.75) is 31.4 Å². The number of likely N-dealkylation sites (tertiary alicyclic amines) is 1. The Kier molecular flexibility index (Phi) is 6.92. The van der Waals surface area contributed by atoms with E-state index in [-0.39, 0.29) is 18.2 Å². The molecule has 1 atom stereocenters. The minimum absolute atomic E-state index is 0. The molecule has 0 aliphatic carbocycles. The normalized spacial score (nSPS) is 21.0. The van der Waals surface area contributed by atoms with Gasteiger partial charge in [-0.25, -0.2) is 5.48 Å². The van der Waals surface area contributed by atoms with Crippen molar-refractivity contribution in [3.05, 3.63) is 71.3 Å². The molecule has 1 amide bonds. The second-order valence-corrected chi connectivity index (χ2v) is 7.75. The van der Waals surface area contributed by atoms with Gasteiger partial charge in [-0.2, -0.15) is 0 Å². The van der Waals surface area contributed by atoms with E-state index in [1.54, 1.807) is 29.8 Å². The van der Waals surface area contributed by atoms with Crippen LogP contribution >= 0.6 is 12.4 Å². The third-order valence-corrected chi connectivity index (χ3v) is 5.52. The zero-order chi connectivity index (χ0) is 20.3. The van der Waals surface area contributed by atoms with Crippen molar-refractivity contribution in [3.8, 4) is 5.75 Å². The highest BCUT2D eigenvalue weighted by atomic mass is 35.5. The number of amides is 1. The van der Waals surface area contributed by atoms with Crippen LogP contribution in [0.25, 0.3) is 6.08 Å². The van der Waals surface area contributed by atoms with Crippen LogP contribution in [0.15, 0.2) is 54.6 Å². The predicted molar refractivity (Wildman–Crippen MR) is 116 cm³/mol. The Morgan fingerprint density at radius 1 is 1.23 bits per heavy atom. The van der Waals surface area contributed by atoms with E-state index in [1.807, 2.05) is 18.2 Å². The first kappa shape index (κ1) is 22.0. The lowest BCUT2D eigenvalue weighted by Crippen LogP contribution is -2.54. The molecule has 1 saturated heterocycles. The average molecular weight is 429 g/mol. The second kappa shape index (κ2) is 9.43. The lowest BCUT2D eigenvalue weighted by Gasteiger charge is -2.45. The van der Waals surface area contributed by atoms with E-state index in [0.29, 0.717) is 23.3 Å². The molecule has 0 aromatic heterocycles. The molecule has 2 aliphatic rings. The number of carbonyl (C=O) groups is 2. The van der Waals surface area contributed by atoms with Crippen LogP contribution < -0.4 is 10.2 Å². The highest BCUT2D eigenvalue weighted by Gasteiger charge is 2.43. The van der Waals surface area contributed by atoms with E-state index in [1.165, 1.54) is 11.6 Å². The summed E-state index contributed by atoms with van der Waals surface area (Å²) in [5.41, 5.74) is 3.57. The number of ketones is 1. The van der Waals surface area contributed by atoms with E-state index >= 15 is 0 Å². The monoisotopic (exact) mass is 428 g/mol. The number of hydroxylamine groups is 1. The predicted octanol–water partition coefficient (Wildman–Crippen LogP) is 3.63. The van der Waals surface area contributed by atoms with Gasteiger partial charge in [0.1, 0.15) is 11.4 Å². The van der Waals surface area contributed by atoms with Gasteiger partial charge in [-0.1, -0.05) is 36.4 Å². The molecule has 7 heteroatoms. The summed E-state index contributed by atoms with van der Waals surface area (Å²) in [5.74, 6) is 0.0474. The Labute approximate surface area is 181 Å². The molecule has 1 fully saturated rings. The van der Waals surface area contributed by atoms with Crippen LogP contribution in [0.1, 0.15) is 40.7 Å². The molecular formula is C23H25ClN2O4. The lowest BCUT2D eigenvalue weighted by molar-refractivity contribution is -0.124. The van der Waals surface area contributed by atoms with Gasteiger partial charge in [-0.05, 0) is 48.7 Å². The molecular weight excluding hydrogens is 404 g/mol. The number of piperidine rings is 1. The summed E-state index contributed by atoms with van der Waals surface area (Å²) in [5, 5.41) is 8.57. The maximum absolute atomic E-state index is 12.9. The molecule has 158 valence electrons. The van der Waals surface area contributed by atoms with Crippen molar-refractivity contribution in [3.63, 3.8) is 0 Å². The van der Waals surface area contributed by atoms with E-state index in [2.05, 4.69) is 17.0 Å². The summed E-state index contributed by atoms with van der Waals surface area (Å²) in [4.78, 5) is 26.4. The number of ether oxygens (including phenoxy) is 1. The van der Waals surface area contributed by atoms with Crippen LogP contribution in [-0.4, -0.2) is 40.5 Å². The van der Waals surface area contributed by atoms with E-state index in [9.17, 15) is 9.59 Å². The molecule has 0 radical (unpaired) electrons. The van der Waals surface area contributed by atoms with Gasteiger partial charge < -0.3 is 4.74 Å². The molecule has 1 unspecified atom stereocenters.